The molecule has 0 aliphatic carbocycles. The summed E-state index contributed by atoms with van der Waals surface area (Å²) in [5.41, 5.74) is 0.230. The number of non-ortho nitro benzene ring substituents is 1. The summed E-state index contributed by atoms with van der Waals surface area (Å²) in [7, 11) is 0. The molecule has 6 nitrogen and oxygen atoms in total. The summed E-state index contributed by atoms with van der Waals surface area (Å²) in [6, 6.07) is 3.85. The lowest BCUT2D eigenvalue weighted by molar-refractivity contribution is -0.384. The molecule has 0 bridgehead atoms. The monoisotopic (exact) mass is 244 g/mol. The van der Waals surface area contributed by atoms with Crippen molar-refractivity contribution in [2.24, 2.45) is 0 Å². The summed E-state index contributed by atoms with van der Waals surface area (Å²) in [5, 5.41) is 20.8. The quantitative estimate of drug-likeness (QED) is 0.556. The van der Waals surface area contributed by atoms with Gasteiger partial charge in [-0.3, -0.25) is 10.1 Å². The number of ether oxygens (including phenoxy) is 1. The maximum absolute atomic E-state index is 10.5. The van der Waals surface area contributed by atoms with Crippen molar-refractivity contribution in [3.8, 4) is 0 Å². The second-order valence-corrected chi connectivity index (χ2v) is 3.30. The Kier molecular flexibility index (Phi) is 4.21. The SMILES string of the molecule is O=C([O-])COCc1cc([N+](=O)[O-])ccc1Cl. The number of nitro benzene ring substituents is 1. The molecule has 0 heterocycles. The average molecular weight is 245 g/mol. The lowest BCUT2D eigenvalue weighted by atomic mass is 10.2. The van der Waals surface area contributed by atoms with Crippen LogP contribution in [0.5, 0.6) is 0 Å². The minimum atomic E-state index is -1.36. The van der Waals surface area contributed by atoms with Crippen LogP contribution in [0.15, 0.2) is 18.2 Å². The van der Waals surface area contributed by atoms with Gasteiger partial charge in [-0.25, -0.2) is 0 Å². The van der Waals surface area contributed by atoms with E-state index in [4.69, 9.17) is 16.3 Å². The highest BCUT2D eigenvalue weighted by Crippen LogP contribution is 2.22. The fraction of sp³-hybridized carbons (Fsp3) is 0.222. The van der Waals surface area contributed by atoms with Crippen molar-refractivity contribution in [1.82, 2.24) is 0 Å². The Morgan fingerprint density at radius 3 is 2.75 bits per heavy atom. The van der Waals surface area contributed by atoms with Gasteiger partial charge in [-0.05, 0) is 6.07 Å². The molecule has 0 spiro atoms. The van der Waals surface area contributed by atoms with E-state index in [1.165, 1.54) is 18.2 Å². The van der Waals surface area contributed by atoms with Gasteiger partial charge in [0, 0.05) is 22.7 Å². The number of nitro groups is 1. The molecule has 7 heteroatoms. The number of hydrogen-bond donors (Lipinski definition) is 0. The smallest absolute Gasteiger partial charge is 0.269 e. The van der Waals surface area contributed by atoms with Gasteiger partial charge in [-0.1, -0.05) is 11.6 Å². The van der Waals surface area contributed by atoms with Crippen LogP contribution < -0.4 is 5.11 Å². The lowest BCUT2D eigenvalue weighted by Gasteiger charge is -2.06. The van der Waals surface area contributed by atoms with Crippen LogP contribution in [0.4, 0.5) is 5.69 Å². The number of hydrogen-bond acceptors (Lipinski definition) is 5. The van der Waals surface area contributed by atoms with E-state index in [1.807, 2.05) is 0 Å². The third kappa shape index (κ3) is 3.48. The van der Waals surface area contributed by atoms with Crippen molar-refractivity contribution in [1.29, 1.82) is 0 Å². The largest absolute Gasteiger partial charge is 0.548 e. The van der Waals surface area contributed by atoms with E-state index < -0.39 is 17.5 Å². The van der Waals surface area contributed by atoms with E-state index in [0.717, 1.165) is 0 Å². The van der Waals surface area contributed by atoms with Gasteiger partial charge in [0.05, 0.1) is 24.1 Å². The predicted octanol–water partition coefficient (Wildman–Crippen LogP) is 0.515. The highest BCUT2D eigenvalue weighted by atomic mass is 35.5. The van der Waals surface area contributed by atoms with Crippen molar-refractivity contribution in [2.75, 3.05) is 6.61 Å². The van der Waals surface area contributed by atoms with Gasteiger partial charge in [0.15, 0.2) is 0 Å². The fourth-order valence-electron chi connectivity index (χ4n) is 1.03. The van der Waals surface area contributed by atoms with Crippen molar-refractivity contribution in [2.45, 2.75) is 6.61 Å². The molecule has 0 saturated heterocycles. The van der Waals surface area contributed by atoms with E-state index in [1.54, 1.807) is 0 Å². The highest BCUT2D eigenvalue weighted by molar-refractivity contribution is 6.31. The maximum atomic E-state index is 10.5. The molecule has 0 aliphatic rings. The number of carboxylic acids is 1. The molecule has 16 heavy (non-hydrogen) atoms. The Bertz CT molecular complexity index is 420. The summed E-state index contributed by atoms with van der Waals surface area (Å²) in [5.74, 6) is -1.36. The van der Waals surface area contributed by atoms with E-state index in [2.05, 4.69) is 0 Å². The minimum Gasteiger partial charge on any atom is -0.548 e. The van der Waals surface area contributed by atoms with Gasteiger partial charge >= 0.3 is 0 Å². The summed E-state index contributed by atoms with van der Waals surface area (Å²) in [6.45, 7) is -0.701. The Labute approximate surface area is 95.6 Å². The van der Waals surface area contributed by atoms with Gasteiger partial charge in [0.1, 0.15) is 0 Å². The van der Waals surface area contributed by atoms with Gasteiger partial charge < -0.3 is 14.6 Å². The van der Waals surface area contributed by atoms with Crippen molar-refractivity contribution < 1.29 is 19.6 Å². The first-order chi connectivity index (χ1) is 7.50. The number of benzene rings is 1. The van der Waals surface area contributed by atoms with E-state index in [9.17, 15) is 20.0 Å². The molecule has 0 N–H and O–H groups in total. The van der Waals surface area contributed by atoms with Gasteiger partial charge in [0.25, 0.3) is 5.69 Å². The minimum absolute atomic E-state index is 0.117. The summed E-state index contributed by atoms with van der Waals surface area (Å²) in [6.07, 6.45) is 0. The Morgan fingerprint density at radius 2 is 2.19 bits per heavy atom. The standard InChI is InChI=1S/C9H8ClNO5/c10-8-2-1-7(11(14)15)3-6(8)4-16-5-9(12)13/h1-3H,4-5H2,(H,12,13)/p-1. The Hall–Kier alpha value is -1.66. The van der Waals surface area contributed by atoms with Gasteiger partial charge in [-0.2, -0.15) is 0 Å². The van der Waals surface area contributed by atoms with Crippen molar-refractivity contribution in [3.63, 3.8) is 0 Å². The number of rotatable bonds is 5. The molecule has 0 fully saturated rings. The molecule has 86 valence electrons. The number of nitrogens with zero attached hydrogens (tertiary/aromatic N) is 1. The first kappa shape index (κ1) is 12.4. The van der Waals surface area contributed by atoms with Crippen LogP contribution in [-0.4, -0.2) is 17.5 Å². The second kappa shape index (κ2) is 5.43. The summed E-state index contributed by atoms with van der Waals surface area (Å²) in [4.78, 5) is 20.0. The highest BCUT2D eigenvalue weighted by Gasteiger charge is 2.09. The number of carbonyl (C=O) groups is 1. The molecule has 1 rings (SSSR count). The molecule has 0 saturated carbocycles. The van der Waals surface area contributed by atoms with Crippen LogP contribution >= 0.6 is 11.6 Å². The first-order valence-electron chi connectivity index (χ1n) is 4.21. The first-order valence-corrected chi connectivity index (χ1v) is 4.59. The normalized spacial score (nSPS) is 10.1. The van der Waals surface area contributed by atoms with Gasteiger partial charge in [-0.15, -0.1) is 0 Å². The molecular weight excluding hydrogens is 238 g/mol. The molecule has 0 aromatic heterocycles. The summed E-state index contributed by atoms with van der Waals surface area (Å²) < 4.78 is 4.73. The second-order valence-electron chi connectivity index (χ2n) is 2.90. The zero-order valence-electron chi connectivity index (χ0n) is 8.01. The third-order valence-electron chi connectivity index (χ3n) is 1.72. The van der Waals surface area contributed by atoms with E-state index in [-0.39, 0.29) is 17.3 Å². The predicted molar refractivity (Wildman–Crippen MR) is 52.8 cm³/mol. The zero-order valence-corrected chi connectivity index (χ0v) is 8.77. The average Bonchev–Trinajstić information content (AvgIpc) is 2.20. The van der Waals surface area contributed by atoms with Crippen LogP contribution in [0.25, 0.3) is 0 Å². The number of halogens is 1. The molecule has 0 aliphatic heterocycles. The Morgan fingerprint density at radius 1 is 1.50 bits per heavy atom. The molecule has 1 aromatic rings. The molecule has 0 atom stereocenters. The maximum Gasteiger partial charge on any atom is 0.269 e. The van der Waals surface area contributed by atoms with Crippen LogP contribution in [-0.2, 0) is 16.1 Å². The molecule has 0 radical (unpaired) electrons. The fourth-order valence-corrected chi connectivity index (χ4v) is 1.20. The zero-order chi connectivity index (χ0) is 12.1. The summed E-state index contributed by atoms with van der Waals surface area (Å²) >= 11 is 5.75. The Balaban J connectivity index is 2.74. The van der Waals surface area contributed by atoms with Crippen molar-refractivity contribution in [3.05, 3.63) is 38.9 Å². The molecular formula is C9H7ClNO5-. The van der Waals surface area contributed by atoms with Crippen molar-refractivity contribution >= 4 is 23.3 Å². The topological polar surface area (TPSA) is 92.5 Å². The molecule has 0 unspecified atom stereocenters. The van der Waals surface area contributed by atoms with Crippen LogP contribution in [0.1, 0.15) is 5.56 Å². The van der Waals surface area contributed by atoms with E-state index in [0.29, 0.717) is 5.56 Å². The molecule has 1 aromatic carbocycles. The molecule has 0 amide bonds. The lowest BCUT2D eigenvalue weighted by Crippen LogP contribution is -2.27. The third-order valence-corrected chi connectivity index (χ3v) is 2.09. The number of carboxylic acid groups (broad SMARTS) is 1. The van der Waals surface area contributed by atoms with Crippen LogP contribution in [0, 0.1) is 10.1 Å². The number of carbonyl (C=O) groups excluding carboxylic acids is 1. The van der Waals surface area contributed by atoms with E-state index >= 15 is 0 Å². The van der Waals surface area contributed by atoms with Crippen LogP contribution in [0.2, 0.25) is 5.02 Å². The number of aliphatic carboxylic acids is 1. The van der Waals surface area contributed by atoms with Gasteiger partial charge in [0.2, 0.25) is 0 Å². The van der Waals surface area contributed by atoms with Crippen LogP contribution in [0.3, 0.4) is 0 Å².